The van der Waals surface area contributed by atoms with Crippen LogP contribution in [-0.4, -0.2) is 28.5 Å². The van der Waals surface area contributed by atoms with Crippen molar-refractivity contribution < 1.29 is 19.1 Å². The van der Waals surface area contributed by atoms with Gasteiger partial charge in [0, 0.05) is 13.0 Å². The van der Waals surface area contributed by atoms with Gasteiger partial charge in [0.2, 0.25) is 11.8 Å². The molecule has 6 nitrogen and oxygen atoms in total. The van der Waals surface area contributed by atoms with Crippen LogP contribution in [0.1, 0.15) is 24.4 Å². The number of amides is 1. The number of hydrogen-bond acceptors (Lipinski definition) is 4. The number of carbonyl (C=O) groups is 2. The van der Waals surface area contributed by atoms with Gasteiger partial charge in [0.1, 0.15) is 12.7 Å². The summed E-state index contributed by atoms with van der Waals surface area (Å²) in [5.41, 5.74) is 0.730. The molecule has 0 aliphatic rings. The molecule has 1 aromatic heterocycles. The van der Waals surface area contributed by atoms with Crippen molar-refractivity contribution in [1.82, 2.24) is 10.3 Å². The molecule has 1 amide bonds. The second-order valence-corrected chi connectivity index (χ2v) is 3.41. The normalized spacial score (nSPS) is 10.1. The molecule has 0 aromatic carbocycles. The van der Waals surface area contributed by atoms with Crippen molar-refractivity contribution in [3.63, 3.8) is 0 Å². The monoisotopic (exact) mass is 226 g/mol. The fourth-order valence-corrected chi connectivity index (χ4v) is 1.15. The van der Waals surface area contributed by atoms with E-state index in [-0.39, 0.29) is 18.7 Å². The van der Waals surface area contributed by atoms with Gasteiger partial charge < -0.3 is 14.8 Å². The number of oxazole rings is 1. The Kier molecular flexibility index (Phi) is 4.50. The molecule has 16 heavy (non-hydrogen) atoms. The summed E-state index contributed by atoms with van der Waals surface area (Å²) < 4.78 is 5.01. The zero-order valence-corrected chi connectivity index (χ0v) is 9.02. The van der Waals surface area contributed by atoms with E-state index in [1.807, 2.05) is 0 Å². The van der Waals surface area contributed by atoms with Gasteiger partial charge in [-0.25, -0.2) is 4.98 Å². The molecule has 0 unspecified atom stereocenters. The molecule has 0 saturated heterocycles. The molecule has 0 aliphatic heterocycles. The third-order valence-electron chi connectivity index (χ3n) is 1.87. The number of hydrogen-bond donors (Lipinski definition) is 2. The van der Waals surface area contributed by atoms with Crippen LogP contribution in [0.3, 0.4) is 0 Å². The van der Waals surface area contributed by atoms with Crippen LogP contribution in [0.25, 0.3) is 0 Å². The first-order valence-corrected chi connectivity index (χ1v) is 4.97. The highest BCUT2D eigenvalue weighted by Gasteiger charge is 2.07. The van der Waals surface area contributed by atoms with Crippen molar-refractivity contribution in [3.05, 3.63) is 17.8 Å². The Morgan fingerprint density at radius 3 is 2.88 bits per heavy atom. The summed E-state index contributed by atoms with van der Waals surface area (Å²) >= 11 is 0. The third kappa shape index (κ3) is 4.59. The maximum absolute atomic E-state index is 11.3. The maximum atomic E-state index is 11.3. The summed E-state index contributed by atoms with van der Waals surface area (Å²) in [5.74, 6) is -0.710. The number of nitrogens with one attached hydrogen (secondary N) is 1. The number of rotatable bonds is 6. The number of nitrogens with zero attached hydrogens (tertiary/aromatic N) is 1. The third-order valence-corrected chi connectivity index (χ3v) is 1.87. The molecule has 1 rings (SSSR count). The molecule has 2 N–H and O–H groups in total. The Morgan fingerprint density at radius 1 is 1.56 bits per heavy atom. The van der Waals surface area contributed by atoms with Crippen molar-refractivity contribution in [2.75, 3.05) is 6.54 Å². The van der Waals surface area contributed by atoms with Crippen molar-refractivity contribution in [1.29, 1.82) is 0 Å². The first-order chi connectivity index (χ1) is 7.58. The standard InChI is InChI=1S/C10H14N2O4/c1-7-6-16-9(12-7)5-8(13)11-4-2-3-10(14)15/h6H,2-5H2,1H3,(H,11,13)(H,14,15). The number of carboxylic acids is 1. The largest absolute Gasteiger partial charge is 0.481 e. The van der Waals surface area contributed by atoms with Gasteiger partial charge in [-0.15, -0.1) is 0 Å². The van der Waals surface area contributed by atoms with E-state index in [9.17, 15) is 9.59 Å². The summed E-state index contributed by atoms with van der Waals surface area (Å²) in [6.45, 7) is 2.13. The van der Waals surface area contributed by atoms with Crippen LogP contribution in [0.4, 0.5) is 0 Å². The zero-order valence-electron chi connectivity index (χ0n) is 9.02. The highest BCUT2D eigenvalue weighted by Crippen LogP contribution is 2.00. The molecule has 0 saturated carbocycles. The molecule has 0 atom stereocenters. The Hall–Kier alpha value is -1.85. The van der Waals surface area contributed by atoms with Crippen LogP contribution in [0, 0.1) is 6.92 Å². The summed E-state index contributed by atoms with van der Waals surface area (Å²) in [6, 6.07) is 0. The first-order valence-electron chi connectivity index (χ1n) is 4.97. The van der Waals surface area contributed by atoms with E-state index in [1.165, 1.54) is 6.26 Å². The van der Waals surface area contributed by atoms with Gasteiger partial charge in [0.05, 0.1) is 5.69 Å². The first kappa shape index (κ1) is 12.2. The maximum Gasteiger partial charge on any atom is 0.303 e. The summed E-state index contributed by atoms with van der Waals surface area (Å²) in [5, 5.41) is 11.0. The Balaban J connectivity index is 2.18. The minimum Gasteiger partial charge on any atom is -0.481 e. The lowest BCUT2D eigenvalue weighted by Crippen LogP contribution is -2.26. The Bertz CT molecular complexity index is 373. The molecule has 1 heterocycles. The molecule has 0 spiro atoms. The summed E-state index contributed by atoms with van der Waals surface area (Å²) in [6.07, 6.45) is 2.04. The average molecular weight is 226 g/mol. The number of aryl methyl sites for hydroxylation is 1. The molecule has 0 fully saturated rings. The molecule has 1 aromatic rings. The molecule has 6 heteroatoms. The van der Waals surface area contributed by atoms with E-state index in [2.05, 4.69) is 10.3 Å². The van der Waals surface area contributed by atoms with Crippen LogP contribution in [-0.2, 0) is 16.0 Å². The van der Waals surface area contributed by atoms with Crippen molar-refractivity contribution in [2.24, 2.45) is 0 Å². The van der Waals surface area contributed by atoms with Crippen LogP contribution in [0.2, 0.25) is 0 Å². The van der Waals surface area contributed by atoms with E-state index >= 15 is 0 Å². The zero-order chi connectivity index (χ0) is 12.0. The number of carboxylic acid groups (broad SMARTS) is 1. The van der Waals surface area contributed by atoms with Crippen LogP contribution in [0.5, 0.6) is 0 Å². The van der Waals surface area contributed by atoms with Crippen molar-refractivity contribution in [3.8, 4) is 0 Å². The van der Waals surface area contributed by atoms with Gasteiger partial charge in [-0.05, 0) is 13.3 Å². The van der Waals surface area contributed by atoms with E-state index < -0.39 is 5.97 Å². The Morgan fingerprint density at radius 2 is 2.31 bits per heavy atom. The van der Waals surface area contributed by atoms with Crippen LogP contribution in [0.15, 0.2) is 10.7 Å². The van der Waals surface area contributed by atoms with E-state index in [1.54, 1.807) is 6.92 Å². The van der Waals surface area contributed by atoms with E-state index in [0.717, 1.165) is 5.69 Å². The lowest BCUT2D eigenvalue weighted by Gasteiger charge is -2.01. The fraction of sp³-hybridized carbons (Fsp3) is 0.500. The molecular formula is C10H14N2O4. The second kappa shape index (κ2) is 5.89. The lowest BCUT2D eigenvalue weighted by molar-refractivity contribution is -0.137. The highest BCUT2D eigenvalue weighted by molar-refractivity contribution is 5.77. The van der Waals surface area contributed by atoms with E-state index in [0.29, 0.717) is 18.9 Å². The van der Waals surface area contributed by atoms with Crippen LogP contribution < -0.4 is 5.32 Å². The van der Waals surface area contributed by atoms with Gasteiger partial charge in [0.15, 0.2) is 0 Å². The van der Waals surface area contributed by atoms with Gasteiger partial charge in [-0.2, -0.15) is 0 Å². The number of carbonyl (C=O) groups excluding carboxylic acids is 1. The highest BCUT2D eigenvalue weighted by atomic mass is 16.4. The fourth-order valence-electron chi connectivity index (χ4n) is 1.15. The second-order valence-electron chi connectivity index (χ2n) is 3.41. The summed E-state index contributed by atoms with van der Waals surface area (Å²) in [7, 11) is 0. The molecule has 0 aliphatic carbocycles. The predicted octanol–water partition coefficient (Wildman–Crippen LogP) is 0.507. The molecule has 0 radical (unpaired) electrons. The summed E-state index contributed by atoms with van der Waals surface area (Å²) in [4.78, 5) is 25.5. The molecule has 88 valence electrons. The quantitative estimate of drug-likeness (QED) is 0.689. The number of aromatic nitrogens is 1. The van der Waals surface area contributed by atoms with Crippen molar-refractivity contribution >= 4 is 11.9 Å². The van der Waals surface area contributed by atoms with E-state index in [4.69, 9.17) is 9.52 Å². The smallest absolute Gasteiger partial charge is 0.303 e. The van der Waals surface area contributed by atoms with Gasteiger partial charge in [0.25, 0.3) is 0 Å². The predicted molar refractivity (Wildman–Crippen MR) is 54.8 cm³/mol. The SMILES string of the molecule is Cc1coc(CC(=O)NCCCC(=O)O)n1. The van der Waals surface area contributed by atoms with Crippen LogP contribution >= 0.6 is 0 Å². The lowest BCUT2D eigenvalue weighted by atomic mass is 10.3. The number of aliphatic carboxylic acids is 1. The van der Waals surface area contributed by atoms with Gasteiger partial charge >= 0.3 is 5.97 Å². The minimum absolute atomic E-state index is 0.0540. The van der Waals surface area contributed by atoms with Crippen molar-refractivity contribution in [2.45, 2.75) is 26.2 Å². The molecular weight excluding hydrogens is 212 g/mol. The van der Waals surface area contributed by atoms with Gasteiger partial charge in [-0.3, -0.25) is 9.59 Å². The Labute approximate surface area is 92.7 Å². The molecule has 0 bridgehead atoms. The minimum atomic E-state index is -0.863. The van der Waals surface area contributed by atoms with Gasteiger partial charge in [-0.1, -0.05) is 0 Å². The average Bonchev–Trinajstić information content (AvgIpc) is 2.58. The topological polar surface area (TPSA) is 92.4 Å².